The van der Waals surface area contributed by atoms with Gasteiger partial charge in [0.15, 0.2) is 5.96 Å². The van der Waals surface area contributed by atoms with Crippen LogP contribution in [0.3, 0.4) is 0 Å². The number of rotatable bonds is 7. The zero-order valence-electron chi connectivity index (χ0n) is 18.5. The molecule has 0 amide bonds. The summed E-state index contributed by atoms with van der Waals surface area (Å²) in [6, 6.07) is 15.5. The van der Waals surface area contributed by atoms with Gasteiger partial charge in [0.1, 0.15) is 5.82 Å². The molecule has 6 nitrogen and oxygen atoms in total. The number of likely N-dealkylation sites (tertiary alicyclic amines) is 1. The van der Waals surface area contributed by atoms with E-state index >= 15 is 0 Å². The minimum Gasteiger partial charge on any atom is -0.357 e. The highest BCUT2D eigenvalue weighted by Gasteiger charge is 2.23. The molecule has 168 valence electrons. The van der Waals surface area contributed by atoms with Gasteiger partial charge in [-0.05, 0) is 56.0 Å². The molecule has 0 saturated carbocycles. The highest BCUT2D eigenvalue weighted by molar-refractivity contribution is 14.0. The van der Waals surface area contributed by atoms with Crippen LogP contribution < -0.4 is 15.5 Å². The lowest BCUT2D eigenvalue weighted by molar-refractivity contribution is 0.245. The van der Waals surface area contributed by atoms with Crippen molar-refractivity contribution in [1.29, 1.82) is 0 Å². The third-order valence-corrected chi connectivity index (χ3v) is 6.15. The Morgan fingerprint density at radius 2 is 1.68 bits per heavy atom. The van der Waals surface area contributed by atoms with Crippen molar-refractivity contribution < 1.29 is 0 Å². The minimum atomic E-state index is 0. The van der Waals surface area contributed by atoms with Crippen molar-refractivity contribution in [1.82, 2.24) is 20.5 Å². The third-order valence-electron chi connectivity index (χ3n) is 6.15. The summed E-state index contributed by atoms with van der Waals surface area (Å²) in [5.74, 6) is 1.92. The molecule has 2 aliphatic heterocycles. The first-order valence-corrected chi connectivity index (χ1v) is 11.3. The zero-order valence-corrected chi connectivity index (χ0v) is 20.8. The molecule has 2 aromatic rings. The van der Waals surface area contributed by atoms with E-state index in [1.807, 2.05) is 13.2 Å². The van der Waals surface area contributed by atoms with E-state index in [1.165, 1.54) is 49.9 Å². The SMILES string of the molecule is CN=C(NCc1ccc(N2CCCC2)nc1)NCC(c1ccccc1)N1CCCC1.I. The fourth-order valence-corrected chi connectivity index (χ4v) is 4.44. The van der Waals surface area contributed by atoms with Crippen LogP contribution in [0.25, 0.3) is 0 Å². The molecule has 2 saturated heterocycles. The van der Waals surface area contributed by atoms with Gasteiger partial charge in [0.25, 0.3) is 0 Å². The molecule has 2 fully saturated rings. The third kappa shape index (κ3) is 6.55. The van der Waals surface area contributed by atoms with E-state index in [0.29, 0.717) is 12.6 Å². The number of hydrogen-bond acceptors (Lipinski definition) is 4. The number of benzene rings is 1. The zero-order chi connectivity index (χ0) is 20.6. The largest absolute Gasteiger partial charge is 0.357 e. The lowest BCUT2D eigenvalue weighted by Gasteiger charge is -2.29. The van der Waals surface area contributed by atoms with E-state index in [9.17, 15) is 0 Å². The lowest BCUT2D eigenvalue weighted by atomic mass is 10.1. The van der Waals surface area contributed by atoms with Crippen molar-refractivity contribution in [2.24, 2.45) is 4.99 Å². The smallest absolute Gasteiger partial charge is 0.191 e. The number of halogens is 1. The monoisotopic (exact) mass is 534 g/mol. The molecular formula is C24H35IN6. The minimum absolute atomic E-state index is 0. The van der Waals surface area contributed by atoms with Crippen LogP contribution in [-0.2, 0) is 6.54 Å². The van der Waals surface area contributed by atoms with Crippen molar-refractivity contribution in [2.75, 3.05) is 44.7 Å². The number of hydrogen-bond donors (Lipinski definition) is 2. The van der Waals surface area contributed by atoms with E-state index in [4.69, 9.17) is 0 Å². The van der Waals surface area contributed by atoms with E-state index in [2.05, 4.69) is 72.9 Å². The standard InChI is InChI=1S/C24H34N6.HI/c1-25-24(27-18-20-11-12-23(26-17-20)30-15-7-8-16-30)28-19-22(29-13-5-6-14-29)21-9-3-2-4-10-21;/h2-4,9-12,17,22H,5-8,13-16,18-19H2,1H3,(H2,25,27,28);1H. The lowest BCUT2D eigenvalue weighted by Crippen LogP contribution is -2.42. The van der Waals surface area contributed by atoms with Crippen LogP contribution in [0.15, 0.2) is 53.7 Å². The average molecular weight is 534 g/mol. The number of pyridine rings is 1. The summed E-state index contributed by atoms with van der Waals surface area (Å²) in [7, 11) is 1.83. The van der Waals surface area contributed by atoms with Gasteiger partial charge in [0.05, 0.1) is 6.04 Å². The second-order valence-electron chi connectivity index (χ2n) is 8.20. The molecule has 1 aromatic heterocycles. The van der Waals surface area contributed by atoms with Gasteiger partial charge in [-0.2, -0.15) is 0 Å². The number of guanidine groups is 1. The molecule has 0 bridgehead atoms. The Labute approximate surface area is 203 Å². The van der Waals surface area contributed by atoms with E-state index in [1.54, 1.807) is 0 Å². The molecule has 1 aromatic carbocycles. The topological polar surface area (TPSA) is 55.8 Å². The summed E-state index contributed by atoms with van der Waals surface area (Å²) in [6.45, 7) is 6.15. The highest BCUT2D eigenvalue weighted by Crippen LogP contribution is 2.24. The van der Waals surface area contributed by atoms with Gasteiger partial charge < -0.3 is 15.5 Å². The average Bonchev–Trinajstić information content (AvgIpc) is 3.52. The Balaban J connectivity index is 0.00000272. The van der Waals surface area contributed by atoms with E-state index in [-0.39, 0.29) is 24.0 Å². The number of aliphatic imine (C=N–C) groups is 1. The van der Waals surface area contributed by atoms with Crippen molar-refractivity contribution in [3.05, 3.63) is 59.8 Å². The van der Waals surface area contributed by atoms with E-state index in [0.717, 1.165) is 31.4 Å². The Bertz CT molecular complexity index is 799. The van der Waals surface area contributed by atoms with Crippen molar-refractivity contribution in [3.8, 4) is 0 Å². The predicted octanol–water partition coefficient (Wildman–Crippen LogP) is 3.80. The molecule has 4 rings (SSSR count). The molecule has 1 unspecified atom stereocenters. The molecule has 3 heterocycles. The number of aromatic nitrogens is 1. The first-order chi connectivity index (χ1) is 14.8. The molecule has 2 N–H and O–H groups in total. The summed E-state index contributed by atoms with van der Waals surface area (Å²) in [6.07, 6.45) is 7.10. The Morgan fingerprint density at radius 1 is 0.968 bits per heavy atom. The van der Waals surface area contributed by atoms with Gasteiger partial charge in [0.2, 0.25) is 0 Å². The molecule has 7 heteroatoms. The van der Waals surface area contributed by atoms with Crippen LogP contribution in [0.2, 0.25) is 0 Å². The molecule has 0 spiro atoms. The second-order valence-corrected chi connectivity index (χ2v) is 8.20. The molecular weight excluding hydrogens is 499 g/mol. The number of nitrogens with zero attached hydrogens (tertiary/aromatic N) is 4. The normalized spacial score (nSPS) is 18.0. The molecule has 1 atom stereocenters. The summed E-state index contributed by atoms with van der Waals surface area (Å²) in [4.78, 5) is 14.0. The Hall–Kier alpha value is -1.87. The van der Waals surface area contributed by atoms with Crippen LogP contribution in [0.5, 0.6) is 0 Å². The first kappa shape index (κ1) is 23.8. The van der Waals surface area contributed by atoms with Crippen LogP contribution in [0.4, 0.5) is 5.82 Å². The molecule has 2 aliphatic rings. The fraction of sp³-hybridized carbons (Fsp3) is 0.500. The maximum atomic E-state index is 4.65. The molecule has 0 aliphatic carbocycles. The number of nitrogens with one attached hydrogen (secondary N) is 2. The quantitative estimate of drug-likeness (QED) is 0.322. The maximum Gasteiger partial charge on any atom is 0.191 e. The van der Waals surface area contributed by atoms with Crippen LogP contribution in [-0.4, -0.2) is 55.6 Å². The van der Waals surface area contributed by atoms with Crippen molar-refractivity contribution in [2.45, 2.75) is 38.3 Å². The summed E-state index contributed by atoms with van der Waals surface area (Å²) in [5.41, 5.74) is 2.53. The predicted molar refractivity (Wildman–Crippen MR) is 139 cm³/mol. The van der Waals surface area contributed by atoms with Gasteiger partial charge >= 0.3 is 0 Å². The molecule has 0 radical (unpaired) electrons. The second kappa shape index (κ2) is 12.2. The van der Waals surface area contributed by atoms with Gasteiger partial charge in [-0.15, -0.1) is 24.0 Å². The summed E-state index contributed by atoms with van der Waals surface area (Å²) >= 11 is 0. The van der Waals surface area contributed by atoms with Crippen LogP contribution >= 0.6 is 24.0 Å². The molecule has 31 heavy (non-hydrogen) atoms. The van der Waals surface area contributed by atoms with Crippen LogP contribution in [0, 0.1) is 0 Å². The Kier molecular flexibility index (Phi) is 9.39. The Morgan fingerprint density at radius 3 is 2.32 bits per heavy atom. The first-order valence-electron chi connectivity index (χ1n) is 11.3. The number of anilines is 1. The maximum absolute atomic E-state index is 4.65. The van der Waals surface area contributed by atoms with Crippen LogP contribution in [0.1, 0.15) is 42.9 Å². The summed E-state index contributed by atoms with van der Waals surface area (Å²) < 4.78 is 0. The van der Waals surface area contributed by atoms with Gasteiger partial charge in [-0.1, -0.05) is 36.4 Å². The van der Waals surface area contributed by atoms with E-state index < -0.39 is 0 Å². The van der Waals surface area contributed by atoms with Gasteiger partial charge in [-0.3, -0.25) is 9.89 Å². The van der Waals surface area contributed by atoms with Crippen molar-refractivity contribution >= 4 is 35.8 Å². The fourth-order valence-electron chi connectivity index (χ4n) is 4.44. The summed E-state index contributed by atoms with van der Waals surface area (Å²) in [5, 5.41) is 6.98. The van der Waals surface area contributed by atoms with Gasteiger partial charge in [0, 0.05) is 39.4 Å². The van der Waals surface area contributed by atoms with Crippen molar-refractivity contribution in [3.63, 3.8) is 0 Å². The highest BCUT2D eigenvalue weighted by atomic mass is 127. The van der Waals surface area contributed by atoms with Gasteiger partial charge in [-0.25, -0.2) is 4.98 Å².